The normalized spacial score (nSPS) is 17.0. The van der Waals surface area contributed by atoms with Crippen LogP contribution in [0.3, 0.4) is 0 Å². The monoisotopic (exact) mass is 260 g/mol. The number of fused-ring (bicyclic) bond motifs is 1. The van der Waals surface area contributed by atoms with Gasteiger partial charge in [-0.15, -0.1) is 0 Å². The fourth-order valence-electron chi connectivity index (χ4n) is 2.29. The highest BCUT2D eigenvalue weighted by Crippen LogP contribution is 2.34. The number of nitrogen functional groups attached to an aromatic ring is 1. The molecule has 2 nitrogen and oxygen atoms in total. The maximum Gasteiger partial charge on any atom is 0.0533 e. The smallest absolute Gasteiger partial charge is 0.0533 e. The molecule has 0 radical (unpaired) electrons. The predicted octanol–water partition coefficient (Wildman–Crippen LogP) is 4.50. The highest BCUT2D eigenvalue weighted by atomic mass is 15.1. The van der Waals surface area contributed by atoms with Gasteiger partial charge < -0.3 is 10.6 Å². The summed E-state index contributed by atoms with van der Waals surface area (Å²) in [5.74, 6) is 0. The first-order valence-electron chi connectivity index (χ1n) is 6.54. The predicted molar refractivity (Wildman–Crippen MR) is 86.7 cm³/mol. The van der Waals surface area contributed by atoms with Crippen molar-refractivity contribution in [3.8, 4) is 0 Å². The second kappa shape index (κ2) is 5.10. The number of nitrogens with two attached hydrogens (primary N) is 1. The molecule has 2 N–H and O–H groups in total. The lowest BCUT2D eigenvalue weighted by molar-refractivity contribution is 1.27. The summed E-state index contributed by atoms with van der Waals surface area (Å²) < 4.78 is 0. The fraction of sp³-hybridized carbons (Fsp3) is 0. The Morgan fingerprint density at radius 3 is 2.45 bits per heavy atom. The molecule has 0 aliphatic carbocycles. The van der Waals surface area contributed by atoms with Gasteiger partial charge in [-0.1, -0.05) is 36.9 Å². The third kappa shape index (κ3) is 2.24. The molecule has 0 saturated heterocycles. The van der Waals surface area contributed by atoms with Crippen LogP contribution in [0.15, 0.2) is 79.5 Å². The molecular formula is C18H16N2. The van der Waals surface area contributed by atoms with Gasteiger partial charge in [0.2, 0.25) is 0 Å². The third-order valence-corrected chi connectivity index (χ3v) is 3.32. The summed E-state index contributed by atoms with van der Waals surface area (Å²) >= 11 is 0. The van der Waals surface area contributed by atoms with E-state index >= 15 is 0 Å². The van der Waals surface area contributed by atoms with Crippen LogP contribution in [0.25, 0.3) is 5.57 Å². The molecule has 2 aromatic rings. The number of hydrogen-bond acceptors (Lipinski definition) is 2. The minimum absolute atomic E-state index is 0.766. The van der Waals surface area contributed by atoms with E-state index in [1.165, 1.54) is 0 Å². The van der Waals surface area contributed by atoms with Gasteiger partial charge in [0.25, 0.3) is 0 Å². The van der Waals surface area contributed by atoms with Crippen molar-refractivity contribution >= 4 is 22.6 Å². The first-order valence-corrected chi connectivity index (χ1v) is 6.54. The van der Waals surface area contributed by atoms with E-state index in [0.29, 0.717) is 0 Å². The lowest BCUT2D eigenvalue weighted by Crippen LogP contribution is -2.11. The Kier molecular flexibility index (Phi) is 3.13. The Morgan fingerprint density at radius 2 is 1.65 bits per heavy atom. The molecule has 3 rings (SSSR count). The van der Waals surface area contributed by atoms with Crippen LogP contribution in [0, 0.1) is 0 Å². The number of allylic oxidation sites excluding steroid dienone is 4. The van der Waals surface area contributed by atoms with Crippen LogP contribution in [-0.4, -0.2) is 0 Å². The average molecular weight is 260 g/mol. The van der Waals surface area contributed by atoms with E-state index in [0.717, 1.165) is 28.2 Å². The van der Waals surface area contributed by atoms with Crippen molar-refractivity contribution in [2.75, 3.05) is 10.6 Å². The largest absolute Gasteiger partial charge is 0.399 e. The highest BCUT2D eigenvalue weighted by Gasteiger charge is 2.12. The third-order valence-electron chi connectivity index (χ3n) is 3.32. The molecule has 1 aliphatic heterocycles. The number of hydrogen-bond donors (Lipinski definition) is 1. The minimum Gasteiger partial charge on any atom is -0.399 e. The van der Waals surface area contributed by atoms with Crippen molar-refractivity contribution < 1.29 is 0 Å². The molecule has 2 heteroatoms. The minimum atomic E-state index is 0.766. The van der Waals surface area contributed by atoms with Crippen LogP contribution in [0.2, 0.25) is 0 Å². The quantitative estimate of drug-likeness (QED) is 0.765. The zero-order chi connectivity index (χ0) is 13.9. The van der Waals surface area contributed by atoms with E-state index in [1.807, 2.05) is 60.8 Å². The first kappa shape index (κ1) is 12.3. The van der Waals surface area contributed by atoms with Crippen molar-refractivity contribution in [2.24, 2.45) is 0 Å². The van der Waals surface area contributed by atoms with Gasteiger partial charge in [0.15, 0.2) is 0 Å². The molecule has 0 atom stereocenters. The number of para-hydroxylation sites is 1. The maximum absolute atomic E-state index is 5.77. The molecule has 98 valence electrons. The zero-order valence-corrected chi connectivity index (χ0v) is 11.2. The zero-order valence-electron chi connectivity index (χ0n) is 11.2. The van der Waals surface area contributed by atoms with Crippen LogP contribution in [0.5, 0.6) is 0 Å². The average Bonchev–Trinajstić information content (AvgIpc) is 2.47. The molecule has 1 heterocycles. The molecule has 0 fully saturated rings. The Morgan fingerprint density at radius 1 is 0.900 bits per heavy atom. The van der Waals surface area contributed by atoms with Crippen LogP contribution < -0.4 is 10.6 Å². The van der Waals surface area contributed by atoms with Gasteiger partial charge in [0, 0.05) is 23.1 Å². The van der Waals surface area contributed by atoms with Crippen molar-refractivity contribution in [3.63, 3.8) is 0 Å². The molecule has 20 heavy (non-hydrogen) atoms. The number of benzene rings is 2. The van der Waals surface area contributed by atoms with E-state index in [2.05, 4.69) is 23.6 Å². The van der Waals surface area contributed by atoms with E-state index in [1.54, 1.807) is 0 Å². The van der Waals surface area contributed by atoms with E-state index in [4.69, 9.17) is 5.73 Å². The molecule has 0 aromatic heterocycles. The first-order chi connectivity index (χ1) is 9.75. The van der Waals surface area contributed by atoms with Gasteiger partial charge in [-0.3, -0.25) is 0 Å². The topological polar surface area (TPSA) is 29.3 Å². The molecule has 0 spiro atoms. The SMILES string of the molecule is C=C1/C=C\C=C/N(c2ccc(N)cc2)c2ccccc21. The van der Waals surface area contributed by atoms with Crippen LogP contribution >= 0.6 is 0 Å². The second-order valence-electron chi connectivity index (χ2n) is 4.70. The lowest BCUT2D eigenvalue weighted by atomic mass is 10.0. The number of rotatable bonds is 1. The van der Waals surface area contributed by atoms with E-state index in [-0.39, 0.29) is 0 Å². The van der Waals surface area contributed by atoms with Gasteiger partial charge in [-0.25, -0.2) is 0 Å². The molecule has 0 bridgehead atoms. The van der Waals surface area contributed by atoms with Gasteiger partial charge >= 0.3 is 0 Å². The van der Waals surface area contributed by atoms with Crippen molar-refractivity contribution in [1.29, 1.82) is 0 Å². The Hall–Kier alpha value is -2.74. The Labute approximate surface area is 119 Å². The van der Waals surface area contributed by atoms with E-state index < -0.39 is 0 Å². The summed E-state index contributed by atoms with van der Waals surface area (Å²) in [7, 11) is 0. The maximum atomic E-state index is 5.77. The van der Waals surface area contributed by atoms with Gasteiger partial charge in [0.1, 0.15) is 0 Å². The van der Waals surface area contributed by atoms with E-state index in [9.17, 15) is 0 Å². The lowest BCUT2D eigenvalue weighted by Gasteiger charge is -2.25. The molecule has 0 amide bonds. The van der Waals surface area contributed by atoms with Gasteiger partial charge in [-0.05, 0) is 42.0 Å². The summed E-state index contributed by atoms with van der Waals surface area (Å²) in [6.07, 6.45) is 8.09. The standard InChI is InChI=1S/C18H16N2/c1-14-6-4-5-13-20(16-11-9-15(19)10-12-16)18-8-3-2-7-17(14)18/h2-13H,1,19H2/b6-4-,13-5-. The van der Waals surface area contributed by atoms with Crippen molar-refractivity contribution in [1.82, 2.24) is 0 Å². The van der Waals surface area contributed by atoms with Gasteiger partial charge in [-0.2, -0.15) is 0 Å². The van der Waals surface area contributed by atoms with Crippen LogP contribution in [0.4, 0.5) is 17.1 Å². The van der Waals surface area contributed by atoms with Crippen LogP contribution in [-0.2, 0) is 0 Å². The summed E-state index contributed by atoms with van der Waals surface area (Å²) in [6, 6.07) is 16.1. The Bertz CT molecular complexity index is 694. The molecular weight excluding hydrogens is 244 g/mol. The summed E-state index contributed by atoms with van der Waals surface area (Å²) in [5, 5.41) is 0. The fourth-order valence-corrected chi connectivity index (χ4v) is 2.29. The van der Waals surface area contributed by atoms with Gasteiger partial charge in [0.05, 0.1) is 5.69 Å². The summed E-state index contributed by atoms with van der Waals surface area (Å²) in [4.78, 5) is 2.14. The summed E-state index contributed by atoms with van der Waals surface area (Å²) in [6.45, 7) is 4.13. The van der Waals surface area contributed by atoms with Crippen molar-refractivity contribution in [3.05, 3.63) is 85.1 Å². The second-order valence-corrected chi connectivity index (χ2v) is 4.70. The molecule has 2 aromatic carbocycles. The molecule has 0 unspecified atom stereocenters. The number of nitrogens with zero attached hydrogens (tertiary/aromatic N) is 1. The van der Waals surface area contributed by atoms with Crippen molar-refractivity contribution in [2.45, 2.75) is 0 Å². The highest BCUT2D eigenvalue weighted by molar-refractivity contribution is 5.85. The summed E-state index contributed by atoms with van der Waals surface area (Å²) in [5.41, 5.74) is 10.9. The number of anilines is 3. The Balaban J connectivity index is 2.16. The molecule has 1 aliphatic rings. The van der Waals surface area contributed by atoms with Crippen LogP contribution in [0.1, 0.15) is 5.56 Å². The molecule has 0 saturated carbocycles.